The highest BCUT2D eigenvalue weighted by Gasteiger charge is 2.14. The monoisotopic (exact) mass is 315 g/mol. The fraction of sp³-hybridized carbons (Fsp3) is 0.312. The summed E-state index contributed by atoms with van der Waals surface area (Å²) in [5.41, 5.74) is 2.00. The summed E-state index contributed by atoms with van der Waals surface area (Å²) in [5.74, 6) is 0.694. The SMILES string of the molecule is Cc1ccc(NC(=O)N(C)Cc2cccc(=O)[nH]2)c(N(C)C)n1. The lowest BCUT2D eigenvalue weighted by Crippen LogP contribution is -2.32. The molecule has 0 spiro atoms. The molecule has 2 rings (SSSR count). The number of nitrogens with one attached hydrogen (secondary N) is 2. The van der Waals surface area contributed by atoms with E-state index in [0.717, 1.165) is 5.69 Å². The standard InChI is InChI=1S/C16H21N5O2/c1-11-8-9-13(15(17-11)20(2)3)19-16(23)21(4)10-12-6-5-7-14(22)18-12/h5-9H,10H2,1-4H3,(H,18,22)(H,19,23). The van der Waals surface area contributed by atoms with Gasteiger partial charge in [0.05, 0.1) is 12.2 Å². The van der Waals surface area contributed by atoms with Crippen LogP contribution in [0.3, 0.4) is 0 Å². The molecule has 0 saturated carbocycles. The molecule has 0 atom stereocenters. The zero-order chi connectivity index (χ0) is 17.0. The molecular formula is C16H21N5O2. The Kier molecular flexibility index (Phi) is 5.00. The predicted molar refractivity (Wildman–Crippen MR) is 90.8 cm³/mol. The Morgan fingerprint density at radius 2 is 1.96 bits per heavy atom. The Hall–Kier alpha value is -2.83. The average molecular weight is 315 g/mol. The number of hydrogen-bond acceptors (Lipinski definition) is 4. The molecule has 0 aliphatic rings. The molecule has 2 aromatic rings. The Labute approximate surface area is 135 Å². The molecule has 2 N–H and O–H groups in total. The minimum absolute atomic E-state index is 0.186. The van der Waals surface area contributed by atoms with E-state index in [9.17, 15) is 9.59 Å². The van der Waals surface area contributed by atoms with Crippen LogP contribution in [0.2, 0.25) is 0 Å². The summed E-state index contributed by atoms with van der Waals surface area (Å²) in [6, 6.07) is 8.26. The van der Waals surface area contributed by atoms with Crippen molar-refractivity contribution in [2.24, 2.45) is 0 Å². The molecule has 0 saturated heterocycles. The molecule has 0 fully saturated rings. The minimum Gasteiger partial charge on any atom is -0.361 e. The average Bonchev–Trinajstić information content (AvgIpc) is 2.48. The van der Waals surface area contributed by atoms with E-state index in [4.69, 9.17) is 0 Å². The maximum Gasteiger partial charge on any atom is 0.322 e. The number of amides is 2. The van der Waals surface area contributed by atoms with E-state index >= 15 is 0 Å². The number of aromatic amines is 1. The van der Waals surface area contributed by atoms with Crippen molar-refractivity contribution in [3.63, 3.8) is 0 Å². The van der Waals surface area contributed by atoms with Crippen LogP contribution >= 0.6 is 0 Å². The largest absolute Gasteiger partial charge is 0.361 e. The number of nitrogens with zero attached hydrogens (tertiary/aromatic N) is 3. The number of anilines is 2. The lowest BCUT2D eigenvalue weighted by molar-refractivity contribution is 0.220. The molecule has 7 nitrogen and oxygen atoms in total. The molecule has 0 bridgehead atoms. The number of aryl methyl sites for hydroxylation is 1. The van der Waals surface area contributed by atoms with Crippen LogP contribution in [0.1, 0.15) is 11.4 Å². The number of carbonyl (C=O) groups excluding carboxylic acids is 1. The zero-order valence-electron chi connectivity index (χ0n) is 13.8. The van der Waals surface area contributed by atoms with Gasteiger partial charge in [-0.05, 0) is 25.1 Å². The van der Waals surface area contributed by atoms with Crippen molar-refractivity contribution in [1.29, 1.82) is 0 Å². The topological polar surface area (TPSA) is 81.3 Å². The highest BCUT2D eigenvalue weighted by molar-refractivity contribution is 5.92. The van der Waals surface area contributed by atoms with Gasteiger partial charge in [-0.3, -0.25) is 4.79 Å². The molecular weight excluding hydrogens is 294 g/mol. The van der Waals surface area contributed by atoms with Crippen LogP contribution in [-0.2, 0) is 6.54 Å². The van der Waals surface area contributed by atoms with Crippen molar-refractivity contribution in [3.8, 4) is 0 Å². The maximum atomic E-state index is 12.3. The molecule has 0 aromatic carbocycles. The third kappa shape index (κ3) is 4.32. The summed E-state index contributed by atoms with van der Waals surface area (Å²) in [6.45, 7) is 2.20. The summed E-state index contributed by atoms with van der Waals surface area (Å²) in [4.78, 5) is 34.1. The van der Waals surface area contributed by atoms with Crippen LogP contribution in [0.5, 0.6) is 0 Å². The summed E-state index contributed by atoms with van der Waals surface area (Å²) in [6.07, 6.45) is 0. The van der Waals surface area contributed by atoms with E-state index in [2.05, 4.69) is 15.3 Å². The summed E-state index contributed by atoms with van der Waals surface area (Å²) < 4.78 is 0. The van der Waals surface area contributed by atoms with Crippen molar-refractivity contribution in [3.05, 3.63) is 52.1 Å². The smallest absolute Gasteiger partial charge is 0.322 e. The second kappa shape index (κ2) is 6.95. The van der Waals surface area contributed by atoms with Gasteiger partial charge >= 0.3 is 6.03 Å². The first-order chi connectivity index (χ1) is 10.9. The van der Waals surface area contributed by atoms with Crippen LogP contribution in [0, 0.1) is 6.92 Å². The fourth-order valence-corrected chi connectivity index (χ4v) is 2.10. The van der Waals surface area contributed by atoms with Crippen molar-refractivity contribution < 1.29 is 4.79 Å². The van der Waals surface area contributed by atoms with Gasteiger partial charge in [-0.2, -0.15) is 0 Å². The normalized spacial score (nSPS) is 10.3. The van der Waals surface area contributed by atoms with Crippen LogP contribution in [0.4, 0.5) is 16.3 Å². The second-order valence-electron chi connectivity index (χ2n) is 5.54. The minimum atomic E-state index is -0.275. The molecule has 2 aromatic heterocycles. The Morgan fingerprint density at radius 3 is 2.61 bits per heavy atom. The molecule has 0 radical (unpaired) electrons. The maximum absolute atomic E-state index is 12.3. The van der Waals surface area contributed by atoms with Crippen molar-refractivity contribution in [2.75, 3.05) is 31.4 Å². The zero-order valence-corrected chi connectivity index (χ0v) is 13.8. The summed E-state index contributed by atoms with van der Waals surface area (Å²) in [7, 11) is 5.41. The Balaban J connectivity index is 2.11. The van der Waals surface area contributed by atoms with E-state index in [0.29, 0.717) is 23.7 Å². The van der Waals surface area contributed by atoms with Crippen molar-refractivity contribution in [1.82, 2.24) is 14.9 Å². The number of H-pyrrole nitrogens is 1. The van der Waals surface area contributed by atoms with Gasteiger partial charge in [-0.25, -0.2) is 9.78 Å². The highest BCUT2D eigenvalue weighted by Crippen LogP contribution is 2.22. The van der Waals surface area contributed by atoms with Gasteiger partial charge in [-0.1, -0.05) is 6.07 Å². The predicted octanol–water partition coefficient (Wildman–Crippen LogP) is 1.81. The number of pyridine rings is 2. The number of aromatic nitrogens is 2. The lowest BCUT2D eigenvalue weighted by atomic mass is 10.3. The molecule has 2 heterocycles. The van der Waals surface area contributed by atoms with Gasteiger partial charge in [0, 0.05) is 38.6 Å². The first kappa shape index (κ1) is 16.5. The second-order valence-corrected chi connectivity index (χ2v) is 5.54. The Bertz CT molecular complexity index is 754. The van der Waals surface area contributed by atoms with E-state index in [1.54, 1.807) is 19.2 Å². The molecule has 0 unspecified atom stereocenters. The first-order valence-corrected chi connectivity index (χ1v) is 7.22. The van der Waals surface area contributed by atoms with Crippen molar-refractivity contribution >= 4 is 17.5 Å². The molecule has 23 heavy (non-hydrogen) atoms. The number of carbonyl (C=O) groups is 1. The van der Waals surface area contributed by atoms with E-state index in [1.165, 1.54) is 11.0 Å². The van der Waals surface area contributed by atoms with Crippen LogP contribution in [-0.4, -0.2) is 42.0 Å². The molecule has 0 aliphatic heterocycles. The molecule has 122 valence electrons. The van der Waals surface area contributed by atoms with Crippen LogP contribution < -0.4 is 15.8 Å². The van der Waals surface area contributed by atoms with Crippen molar-refractivity contribution in [2.45, 2.75) is 13.5 Å². The highest BCUT2D eigenvalue weighted by atomic mass is 16.2. The number of rotatable bonds is 4. The number of hydrogen-bond donors (Lipinski definition) is 2. The van der Waals surface area contributed by atoms with Gasteiger partial charge in [0.15, 0.2) is 5.82 Å². The van der Waals surface area contributed by atoms with Gasteiger partial charge in [0.2, 0.25) is 5.56 Å². The van der Waals surface area contributed by atoms with E-state index in [1.807, 2.05) is 38.1 Å². The number of urea groups is 1. The third-order valence-corrected chi connectivity index (χ3v) is 3.26. The Morgan fingerprint density at radius 1 is 1.22 bits per heavy atom. The third-order valence-electron chi connectivity index (χ3n) is 3.26. The molecule has 2 amide bonds. The van der Waals surface area contributed by atoms with Crippen LogP contribution in [0.25, 0.3) is 0 Å². The fourth-order valence-electron chi connectivity index (χ4n) is 2.10. The molecule has 0 aliphatic carbocycles. The van der Waals surface area contributed by atoms with Gasteiger partial charge in [-0.15, -0.1) is 0 Å². The van der Waals surface area contributed by atoms with Gasteiger partial charge in [0.1, 0.15) is 0 Å². The lowest BCUT2D eigenvalue weighted by Gasteiger charge is -2.21. The van der Waals surface area contributed by atoms with Gasteiger partial charge < -0.3 is 20.1 Å². The van der Waals surface area contributed by atoms with Gasteiger partial charge in [0.25, 0.3) is 0 Å². The quantitative estimate of drug-likeness (QED) is 0.901. The van der Waals surface area contributed by atoms with E-state index in [-0.39, 0.29) is 11.6 Å². The summed E-state index contributed by atoms with van der Waals surface area (Å²) in [5, 5.41) is 2.84. The van der Waals surface area contributed by atoms with Crippen LogP contribution in [0.15, 0.2) is 35.1 Å². The first-order valence-electron chi connectivity index (χ1n) is 7.22. The van der Waals surface area contributed by atoms with E-state index < -0.39 is 0 Å². The molecule has 7 heteroatoms. The summed E-state index contributed by atoms with van der Waals surface area (Å²) >= 11 is 0.